The van der Waals surface area contributed by atoms with Crippen LogP contribution >= 0.6 is 0 Å². The van der Waals surface area contributed by atoms with Gasteiger partial charge in [0.05, 0.1) is 0 Å². The molecule has 0 aromatic carbocycles. The summed E-state index contributed by atoms with van der Waals surface area (Å²) in [6.07, 6.45) is 2.12. The highest BCUT2D eigenvalue weighted by atomic mass is 16.6. The third-order valence-electron chi connectivity index (χ3n) is 1.98. The molecular formula is C8H6N6O4. The van der Waals surface area contributed by atoms with Crippen molar-refractivity contribution in [2.45, 2.75) is 6.92 Å². The lowest BCUT2D eigenvalue weighted by atomic mass is 10.3. The van der Waals surface area contributed by atoms with Crippen LogP contribution in [0.1, 0.15) is 16.2 Å². The van der Waals surface area contributed by atoms with Crippen molar-refractivity contribution in [2.24, 2.45) is 0 Å². The second-order valence-electron chi connectivity index (χ2n) is 3.21. The van der Waals surface area contributed by atoms with E-state index in [0.29, 0.717) is 5.82 Å². The smallest absolute Gasteiger partial charge is 0.477 e. The molecule has 1 N–H and O–H groups in total. The molecule has 2 heterocycles. The standard InChI is InChI=1S/C8H6N6O4/c1-4-9-2-5(7(15)16)6(11-4)13-3-10-8(12-13)14(17)18/h2-3H,1H3,(H,15,16). The molecule has 18 heavy (non-hydrogen) atoms. The van der Waals surface area contributed by atoms with Gasteiger partial charge in [0.2, 0.25) is 6.33 Å². The quantitative estimate of drug-likeness (QED) is 0.592. The second-order valence-corrected chi connectivity index (χ2v) is 3.21. The van der Waals surface area contributed by atoms with Crippen molar-refractivity contribution < 1.29 is 14.8 Å². The predicted molar refractivity (Wildman–Crippen MR) is 55.3 cm³/mol. The van der Waals surface area contributed by atoms with Crippen LogP contribution in [-0.2, 0) is 0 Å². The van der Waals surface area contributed by atoms with Crippen molar-refractivity contribution in [1.29, 1.82) is 0 Å². The zero-order chi connectivity index (χ0) is 13.3. The molecule has 0 bridgehead atoms. The number of aromatic carboxylic acids is 1. The van der Waals surface area contributed by atoms with Gasteiger partial charge in [-0.3, -0.25) is 0 Å². The van der Waals surface area contributed by atoms with Crippen molar-refractivity contribution in [3.05, 3.63) is 34.0 Å². The Kier molecular flexibility index (Phi) is 2.67. The van der Waals surface area contributed by atoms with Crippen molar-refractivity contribution >= 4 is 11.9 Å². The Hall–Kier alpha value is -2.91. The molecule has 0 fully saturated rings. The number of rotatable bonds is 3. The molecule has 0 unspecified atom stereocenters. The van der Waals surface area contributed by atoms with Gasteiger partial charge in [0.1, 0.15) is 11.4 Å². The van der Waals surface area contributed by atoms with Gasteiger partial charge in [-0.15, -0.1) is 4.68 Å². The molecule has 2 aromatic heterocycles. The van der Waals surface area contributed by atoms with E-state index in [0.717, 1.165) is 17.2 Å². The summed E-state index contributed by atoms with van der Waals surface area (Å²) in [7, 11) is 0. The first-order chi connectivity index (χ1) is 8.49. The number of hydrogen-bond acceptors (Lipinski definition) is 7. The summed E-state index contributed by atoms with van der Waals surface area (Å²) in [6.45, 7) is 1.56. The van der Waals surface area contributed by atoms with E-state index in [1.807, 2.05) is 0 Å². The van der Waals surface area contributed by atoms with E-state index in [1.165, 1.54) is 0 Å². The van der Waals surface area contributed by atoms with Gasteiger partial charge >= 0.3 is 11.9 Å². The van der Waals surface area contributed by atoms with Gasteiger partial charge in [-0.1, -0.05) is 4.98 Å². The predicted octanol–water partition coefficient (Wildman–Crippen LogP) is -0.0279. The van der Waals surface area contributed by atoms with Gasteiger partial charge in [0.25, 0.3) is 0 Å². The molecule has 0 amide bonds. The van der Waals surface area contributed by atoms with E-state index in [1.54, 1.807) is 6.92 Å². The Balaban J connectivity index is 2.57. The molecule has 0 saturated heterocycles. The monoisotopic (exact) mass is 250 g/mol. The van der Waals surface area contributed by atoms with Gasteiger partial charge in [-0.2, -0.15) is 0 Å². The van der Waals surface area contributed by atoms with Crippen LogP contribution in [0.2, 0.25) is 0 Å². The van der Waals surface area contributed by atoms with Crippen LogP contribution in [0.5, 0.6) is 0 Å². The molecule has 0 spiro atoms. The molecule has 10 nitrogen and oxygen atoms in total. The molecule has 2 aromatic rings. The Morgan fingerprint density at radius 3 is 2.78 bits per heavy atom. The van der Waals surface area contributed by atoms with Crippen LogP contribution in [0.15, 0.2) is 12.5 Å². The third kappa shape index (κ3) is 1.98. The maximum atomic E-state index is 11.0. The largest absolute Gasteiger partial charge is 0.491 e. The van der Waals surface area contributed by atoms with E-state index in [4.69, 9.17) is 5.11 Å². The van der Waals surface area contributed by atoms with Gasteiger partial charge in [-0.25, -0.2) is 14.8 Å². The van der Waals surface area contributed by atoms with Crippen LogP contribution in [0.25, 0.3) is 5.82 Å². The van der Waals surface area contributed by atoms with Gasteiger partial charge < -0.3 is 15.2 Å². The topological polar surface area (TPSA) is 137 Å². The summed E-state index contributed by atoms with van der Waals surface area (Å²) in [5.41, 5.74) is -0.222. The number of carboxylic acids is 1. The van der Waals surface area contributed by atoms with Crippen molar-refractivity contribution in [2.75, 3.05) is 0 Å². The highest BCUT2D eigenvalue weighted by Gasteiger charge is 2.21. The van der Waals surface area contributed by atoms with Crippen LogP contribution < -0.4 is 0 Å². The molecule has 0 radical (unpaired) electrons. The van der Waals surface area contributed by atoms with Gasteiger partial charge in [0.15, 0.2) is 5.82 Å². The summed E-state index contributed by atoms with van der Waals surface area (Å²) >= 11 is 0. The summed E-state index contributed by atoms with van der Waals surface area (Å²) < 4.78 is 0.927. The summed E-state index contributed by atoms with van der Waals surface area (Å²) in [6, 6.07) is 0. The number of carboxylic acid groups (broad SMARTS) is 1. The fourth-order valence-electron chi connectivity index (χ4n) is 1.22. The van der Waals surface area contributed by atoms with Gasteiger partial charge in [0, 0.05) is 11.3 Å². The number of hydrogen-bond donors (Lipinski definition) is 1. The first-order valence-electron chi connectivity index (χ1n) is 4.62. The molecule has 0 aliphatic rings. The zero-order valence-corrected chi connectivity index (χ0v) is 9.01. The second kappa shape index (κ2) is 4.16. The first-order valence-corrected chi connectivity index (χ1v) is 4.62. The SMILES string of the molecule is Cc1ncc(C(=O)O)c(-n2cnc([N+](=O)[O-])n2)n1. The molecular weight excluding hydrogens is 244 g/mol. The first kappa shape index (κ1) is 11.6. The molecule has 0 atom stereocenters. The number of nitrogens with zero attached hydrogens (tertiary/aromatic N) is 6. The van der Waals surface area contributed by atoms with E-state index in [2.05, 4.69) is 20.1 Å². The molecule has 0 saturated carbocycles. The Morgan fingerprint density at radius 2 is 2.22 bits per heavy atom. The average molecular weight is 250 g/mol. The minimum absolute atomic E-state index is 0.0735. The maximum absolute atomic E-state index is 11.0. The van der Waals surface area contributed by atoms with Crippen molar-refractivity contribution in [1.82, 2.24) is 24.7 Å². The van der Waals surface area contributed by atoms with Crippen molar-refractivity contribution in [3.8, 4) is 5.82 Å². The van der Waals surface area contributed by atoms with Crippen LogP contribution in [-0.4, -0.2) is 40.7 Å². The lowest BCUT2D eigenvalue weighted by Crippen LogP contribution is -2.10. The van der Waals surface area contributed by atoms with Gasteiger partial charge in [-0.05, 0) is 11.8 Å². The number of aryl methyl sites for hydroxylation is 1. The Labute approximate surface area is 99.1 Å². The van der Waals surface area contributed by atoms with Crippen LogP contribution in [0, 0.1) is 17.0 Å². The van der Waals surface area contributed by atoms with Crippen LogP contribution in [0.4, 0.5) is 5.95 Å². The highest BCUT2D eigenvalue weighted by molar-refractivity contribution is 5.90. The molecule has 0 aliphatic heterocycles. The van der Waals surface area contributed by atoms with E-state index in [9.17, 15) is 14.9 Å². The lowest BCUT2D eigenvalue weighted by molar-refractivity contribution is -0.394. The third-order valence-corrected chi connectivity index (χ3v) is 1.98. The summed E-state index contributed by atoms with van der Waals surface area (Å²) in [5, 5.41) is 22.9. The van der Waals surface area contributed by atoms with E-state index in [-0.39, 0.29) is 11.4 Å². The van der Waals surface area contributed by atoms with Crippen LogP contribution in [0.3, 0.4) is 0 Å². The summed E-state index contributed by atoms with van der Waals surface area (Å²) in [4.78, 5) is 31.7. The molecule has 0 aliphatic carbocycles. The zero-order valence-electron chi connectivity index (χ0n) is 9.01. The molecule has 10 heteroatoms. The minimum atomic E-state index is -1.26. The normalized spacial score (nSPS) is 10.3. The fourth-order valence-corrected chi connectivity index (χ4v) is 1.22. The summed E-state index contributed by atoms with van der Waals surface area (Å²) in [5.74, 6) is -1.66. The minimum Gasteiger partial charge on any atom is -0.477 e. The number of aromatic nitrogens is 5. The van der Waals surface area contributed by atoms with E-state index >= 15 is 0 Å². The van der Waals surface area contributed by atoms with E-state index < -0.39 is 16.8 Å². The fraction of sp³-hybridized carbons (Fsp3) is 0.125. The van der Waals surface area contributed by atoms with Crippen molar-refractivity contribution in [3.63, 3.8) is 0 Å². The highest BCUT2D eigenvalue weighted by Crippen LogP contribution is 2.12. The average Bonchev–Trinajstić information content (AvgIpc) is 2.77. The lowest BCUT2D eigenvalue weighted by Gasteiger charge is -2.01. The number of nitro groups is 1. The Bertz CT molecular complexity index is 636. The number of carbonyl (C=O) groups is 1. The molecule has 2 rings (SSSR count). The Morgan fingerprint density at radius 1 is 1.50 bits per heavy atom. The maximum Gasteiger partial charge on any atom is 0.491 e. The molecule has 92 valence electrons.